The number of halogens is 3. The summed E-state index contributed by atoms with van der Waals surface area (Å²) in [5.74, 6) is 0.373. The van der Waals surface area contributed by atoms with E-state index in [-0.39, 0.29) is 6.61 Å². The first-order chi connectivity index (χ1) is 14.7. The van der Waals surface area contributed by atoms with E-state index in [0.29, 0.717) is 32.1 Å². The third kappa shape index (κ3) is 6.26. The van der Waals surface area contributed by atoms with Crippen molar-refractivity contribution in [1.82, 2.24) is 9.80 Å². The van der Waals surface area contributed by atoms with Crippen molar-refractivity contribution in [1.29, 1.82) is 0 Å². The summed E-state index contributed by atoms with van der Waals surface area (Å²) in [4.78, 5) is 18.0. The average molecular weight is 444 g/mol. The Morgan fingerprint density at radius 2 is 1.81 bits per heavy atom. The van der Waals surface area contributed by atoms with Crippen molar-refractivity contribution < 1.29 is 27.8 Å². The summed E-state index contributed by atoms with van der Waals surface area (Å²) in [6.45, 7) is 7.54. The van der Waals surface area contributed by atoms with Crippen LogP contribution in [0.15, 0.2) is 18.2 Å². The first kappa shape index (κ1) is 23.7. The van der Waals surface area contributed by atoms with Crippen LogP contribution in [0.25, 0.3) is 0 Å². The van der Waals surface area contributed by atoms with Crippen molar-refractivity contribution in [3.05, 3.63) is 29.3 Å². The molecular weight excluding hydrogens is 411 g/mol. The van der Waals surface area contributed by atoms with Crippen LogP contribution in [0.4, 0.5) is 23.7 Å². The maximum absolute atomic E-state index is 12.6. The fourth-order valence-electron chi connectivity index (χ4n) is 4.08. The molecule has 1 amide bonds. The second-order valence-corrected chi connectivity index (χ2v) is 8.58. The highest BCUT2D eigenvalue weighted by atomic mass is 19.4. The maximum Gasteiger partial charge on any atom is 0.425 e. The van der Waals surface area contributed by atoms with Crippen molar-refractivity contribution in [2.75, 3.05) is 50.8 Å². The highest BCUT2D eigenvalue weighted by Crippen LogP contribution is 2.29. The van der Waals surface area contributed by atoms with E-state index in [2.05, 4.69) is 39.7 Å². The van der Waals surface area contributed by atoms with Gasteiger partial charge in [0.15, 0.2) is 6.10 Å². The topological polar surface area (TPSA) is 56.2 Å². The molecule has 6 nitrogen and oxygen atoms in total. The van der Waals surface area contributed by atoms with E-state index >= 15 is 0 Å². The minimum Gasteiger partial charge on any atom is -0.437 e. The van der Waals surface area contributed by atoms with Crippen molar-refractivity contribution >= 4 is 11.8 Å². The Morgan fingerprint density at radius 3 is 2.39 bits per heavy atom. The number of nitrogens with zero attached hydrogens (tertiary/aromatic N) is 3. The molecule has 1 atom stereocenters. The molecule has 174 valence electrons. The van der Waals surface area contributed by atoms with Crippen LogP contribution in [-0.4, -0.2) is 79.2 Å². The van der Waals surface area contributed by atoms with E-state index in [9.17, 15) is 23.1 Å². The van der Waals surface area contributed by atoms with Crippen LogP contribution >= 0.6 is 0 Å². The molecule has 9 heteroatoms. The Labute approximate surface area is 181 Å². The number of rotatable bonds is 5. The summed E-state index contributed by atoms with van der Waals surface area (Å²) in [6.07, 6.45) is -5.62. The molecular formula is C22H32F3N3O3. The number of aliphatic hydroxyl groups is 1. The molecule has 0 aliphatic carbocycles. The van der Waals surface area contributed by atoms with E-state index in [1.54, 1.807) is 0 Å². The summed E-state index contributed by atoms with van der Waals surface area (Å²) in [6, 6.07) is 6.42. The lowest BCUT2D eigenvalue weighted by molar-refractivity contribution is -0.200. The number of aliphatic hydroxyl groups excluding tert-OH is 1. The van der Waals surface area contributed by atoms with Gasteiger partial charge in [0.2, 0.25) is 0 Å². The van der Waals surface area contributed by atoms with Crippen LogP contribution in [0.5, 0.6) is 0 Å². The fourth-order valence-corrected chi connectivity index (χ4v) is 4.08. The molecule has 3 rings (SSSR count). The number of aryl methyl sites for hydroxylation is 1. The first-order valence-electron chi connectivity index (χ1n) is 10.9. The Bertz CT molecular complexity index is 743. The number of hydrogen-bond donors (Lipinski definition) is 1. The highest BCUT2D eigenvalue weighted by Gasteiger charge is 2.40. The minimum absolute atomic E-state index is 0.239. The third-order valence-electron chi connectivity index (χ3n) is 6.22. The average Bonchev–Trinajstić information content (AvgIpc) is 2.75. The van der Waals surface area contributed by atoms with Gasteiger partial charge in [-0.15, -0.1) is 0 Å². The molecule has 1 aromatic rings. The second-order valence-electron chi connectivity index (χ2n) is 8.58. The number of hydrogen-bond acceptors (Lipinski definition) is 5. The Hall–Kier alpha value is -2.00. The lowest BCUT2D eigenvalue weighted by atomic mass is 9.96. The number of piperidine rings is 1. The zero-order valence-corrected chi connectivity index (χ0v) is 18.2. The van der Waals surface area contributed by atoms with Crippen LogP contribution in [0.3, 0.4) is 0 Å². The Morgan fingerprint density at radius 1 is 1.16 bits per heavy atom. The molecule has 2 fully saturated rings. The molecule has 0 bridgehead atoms. The molecule has 1 unspecified atom stereocenters. The molecule has 1 aromatic carbocycles. The predicted molar refractivity (Wildman–Crippen MR) is 112 cm³/mol. The third-order valence-corrected chi connectivity index (χ3v) is 6.22. The van der Waals surface area contributed by atoms with Crippen molar-refractivity contribution in [2.24, 2.45) is 5.92 Å². The number of benzene rings is 1. The van der Waals surface area contributed by atoms with Crippen LogP contribution in [0, 0.1) is 12.8 Å². The van der Waals surface area contributed by atoms with Crippen molar-refractivity contribution in [2.45, 2.75) is 45.5 Å². The number of carbonyl (C=O) groups is 1. The lowest BCUT2D eigenvalue weighted by Gasteiger charge is -2.37. The normalized spacial score (nSPS) is 20.1. The summed E-state index contributed by atoms with van der Waals surface area (Å²) >= 11 is 0. The van der Waals surface area contributed by atoms with E-state index < -0.39 is 18.4 Å². The quantitative estimate of drug-likeness (QED) is 0.756. The van der Waals surface area contributed by atoms with Gasteiger partial charge in [0.05, 0.1) is 0 Å². The lowest BCUT2D eigenvalue weighted by Crippen LogP contribution is -2.49. The highest BCUT2D eigenvalue weighted by molar-refractivity contribution is 5.68. The number of alkyl halides is 3. The monoisotopic (exact) mass is 443 g/mol. The number of ether oxygens (including phenoxy) is 1. The van der Waals surface area contributed by atoms with Crippen LogP contribution in [0.1, 0.15) is 30.9 Å². The Balaban J connectivity index is 1.56. The largest absolute Gasteiger partial charge is 0.437 e. The maximum atomic E-state index is 12.6. The number of piperazine rings is 1. The van der Waals surface area contributed by atoms with Crippen LogP contribution in [-0.2, 0) is 11.3 Å². The summed E-state index contributed by atoms with van der Waals surface area (Å²) < 4.78 is 42.4. The Kier molecular flexibility index (Phi) is 7.69. The summed E-state index contributed by atoms with van der Waals surface area (Å²) in [7, 11) is 0. The summed E-state index contributed by atoms with van der Waals surface area (Å²) in [5, 5.41) is 9.39. The van der Waals surface area contributed by atoms with Crippen LogP contribution < -0.4 is 4.90 Å². The smallest absolute Gasteiger partial charge is 0.425 e. The SMILES string of the molecule is Cc1ccc(CN2CCN(C(=O)OC(C)C(F)(F)F)CC2)c(N2CCC(CO)CC2)c1. The zero-order valence-electron chi connectivity index (χ0n) is 18.2. The summed E-state index contributed by atoms with van der Waals surface area (Å²) in [5.41, 5.74) is 3.60. The molecule has 31 heavy (non-hydrogen) atoms. The minimum atomic E-state index is -4.55. The standard InChI is InChI=1S/C22H32F3N3O3/c1-16-3-4-19(20(13-16)27-7-5-18(15-29)6-8-27)14-26-9-11-28(12-10-26)21(30)31-17(2)22(23,24)25/h3-4,13,17-18,29H,5-12,14-15H2,1-2H3. The molecule has 2 saturated heterocycles. The van der Waals surface area contributed by atoms with Gasteiger partial charge >= 0.3 is 12.3 Å². The van der Waals surface area contributed by atoms with Gasteiger partial charge in [0, 0.05) is 58.1 Å². The molecule has 0 spiro atoms. The van der Waals surface area contributed by atoms with E-state index in [1.807, 2.05) is 0 Å². The van der Waals surface area contributed by atoms with Crippen LogP contribution in [0.2, 0.25) is 0 Å². The van der Waals surface area contributed by atoms with Gasteiger partial charge in [0.25, 0.3) is 0 Å². The number of anilines is 1. The molecule has 0 aromatic heterocycles. The van der Waals surface area contributed by atoms with Gasteiger partial charge in [-0.05, 0) is 49.8 Å². The van der Waals surface area contributed by atoms with Gasteiger partial charge in [-0.2, -0.15) is 13.2 Å². The van der Waals surface area contributed by atoms with E-state index in [4.69, 9.17) is 0 Å². The zero-order chi connectivity index (χ0) is 22.6. The van der Waals surface area contributed by atoms with Gasteiger partial charge in [-0.1, -0.05) is 12.1 Å². The van der Waals surface area contributed by atoms with Gasteiger partial charge < -0.3 is 19.6 Å². The molecule has 0 radical (unpaired) electrons. The first-order valence-corrected chi connectivity index (χ1v) is 10.9. The van der Waals surface area contributed by atoms with Crippen molar-refractivity contribution in [3.8, 4) is 0 Å². The predicted octanol–water partition coefficient (Wildman–Crippen LogP) is 3.41. The molecule has 2 heterocycles. The number of carbonyl (C=O) groups excluding carboxylic acids is 1. The van der Waals surface area contributed by atoms with Gasteiger partial charge in [-0.3, -0.25) is 4.90 Å². The number of amides is 1. The second kappa shape index (κ2) is 10.1. The fraction of sp³-hybridized carbons (Fsp3) is 0.682. The van der Waals surface area contributed by atoms with E-state index in [1.165, 1.54) is 21.7 Å². The molecule has 2 aliphatic heterocycles. The van der Waals surface area contributed by atoms with E-state index in [0.717, 1.165) is 39.4 Å². The molecule has 0 saturated carbocycles. The van der Waals surface area contributed by atoms with Crippen molar-refractivity contribution in [3.63, 3.8) is 0 Å². The van der Waals surface area contributed by atoms with Gasteiger partial charge in [0.1, 0.15) is 0 Å². The molecule has 2 aliphatic rings. The van der Waals surface area contributed by atoms with Gasteiger partial charge in [-0.25, -0.2) is 4.79 Å². The molecule has 1 N–H and O–H groups in total.